The predicted molar refractivity (Wildman–Crippen MR) is 117 cm³/mol. The number of carbonyl (C=O) groups excluding carboxylic acids is 1. The minimum atomic E-state index is -3.59. The highest BCUT2D eigenvalue weighted by Gasteiger charge is 2.31. The number of sulfonamides is 1. The van der Waals surface area contributed by atoms with Crippen LogP contribution in [0.25, 0.3) is 5.69 Å². The van der Waals surface area contributed by atoms with Crippen LogP contribution in [0.4, 0.5) is 4.39 Å². The van der Waals surface area contributed by atoms with Gasteiger partial charge in [-0.05, 0) is 72.9 Å². The first-order chi connectivity index (χ1) is 15.4. The van der Waals surface area contributed by atoms with Gasteiger partial charge in [-0.15, -0.1) is 0 Å². The molecule has 2 aromatic carbocycles. The van der Waals surface area contributed by atoms with Gasteiger partial charge in [0, 0.05) is 32.4 Å². The van der Waals surface area contributed by atoms with Gasteiger partial charge in [0.15, 0.2) is 5.69 Å². The van der Waals surface area contributed by atoms with Crippen molar-refractivity contribution in [1.82, 2.24) is 19.0 Å². The quantitative estimate of drug-likeness (QED) is 0.608. The van der Waals surface area contributed by atoms with Gasteiger partial charge in [-0.1, -0.05) is 6.07 Å². The zero-order chi connectivity index (χ0) is 22.3. The normalized spacial score (nSPS) is 16.8. The molecule has 0 spiro atoms. The van der Waals surface area contributed by atoms with Crippen LogP contribution in [0.15, 0.2) is 59.6 Å². The number of amides is 1. The van der Waals surface area contributed by atoms with E-state index in [1.54, 1.807) is 41.4 Å². The Hall–Kier alpha value is -3.04. The molecule has 0 bridgehead atoms. The lowest BCUT2D eigenvalue weighted by molar-refractivity contribution is 0.0691. The van der Waals surface area contributed by atoms with Crippen LogP contribution < -0.4 is 0 Å². The van der Waals surface area contributed by atoms with Crippen molar-refractivity contribution in [2.75, 3.05) is 26.2 Å². The zero-order valence-electron chi connectivity index (χ0n) is 17.4. The van der Waals surface area contributed by atoms with Gasteiger partial charge < -0.3 is 4.90 Å². The molecule has 9 heteroatoms. The maximum absolute atomic E-state index is 13.1. The first-order valence-electron chi connectivity index (χ1n) is 10.6. The fourth-order valence-corrected chi connectivity index (χ4v) is 5.80. The number of hydrogen-bond acceptors (Lipinski definition) is 4. The fourth-order valence-electron chi connectivity index (χ4n) is 4.33. The molecule has 166 valence electrons. The summed E-state index contributed by atoms with van der Waals surface area (Å²) >= 11 is 0. The Kier molecular flexibility index (Phi) is 5.30. The smallest absolute Gasteiger partial charge is 0.274 e. The summed E-state index contributed by atoms with van der Waals surface area (Å²) in [4.78, 5) is 14.8. The molecule has 3 aromatic rings. The minimum absolute atomic E-state index is 0.240. The van der Waals surface area contributed by atoms with Crippen LogP contribution in [0.1, 0.15) is 28.0 Å². The fraction of sp³-hybridized carbons (Fsp3) is 0.304. The van der Waals surface area contributed by atoms with E-state index in [1.165, 1.54) is 26.7 Å². The molecule has 1 aliphatic carbocycles. The second kappa shape index (κ2) is 8.14. The number of fused-ring (bicyclic) bond motifs is 1. The van der Waals surface area contributed by atoms with Crippen molar-refractivity contribution < 1.29 is 17.6 Å². The van der Waals surface area contributed by atoms with Crippen molar-refractivity contribution in [3.05, 3.63) is 77.4 Å². The molecule has 0 atom stereocenters. The molecule has 2 heterocycles. The Labute approximate surface area is 186 Å². The Morgan fingerprint density at radius 1 is 0.906 bits per heavy atom. The SMILES string of the molecule is O=C(c1ccn(-c2ccc(F)cc2)n1)N1CCN(S(=O)(=O)c2ccc3c(c2)CCC3)CC1. The van der Waals surface area contributed by atoms with Gasteiger partial charge >= 0.3 is 0 Å². The third kappa shape index (κ3) is 3.82. The predicted octanol–water partition coefficient (Wildman–Crippen LogP) is 2.65. The molecule has 0 saturated carbocycles. The van der Waals surface area contributed by atoms with Gasteiger partial charge in [0.25, 0.3) is 5.91 Å². The van der Waals surface area contributed by atoms with E-state index in [-0.39, 0.29) is 30.5 Å². The van der Waals surface area contributed by atoms with Gasteiger partial charge in [-0.3, -0.25) is 4.79 Å². The lowest BCUT2D eigenvalue weighted by Gasteiger charge is -2.33. The summed E-state index contributed by atoms with van der Waals surface area (Å²) in [6.45, 7) is 1.08. The minimum Gasteiger partial charge on any atom is -0.335 e. The molecule has 0 radical (unpaired) electrons. The van der Waals surface area contributed by atoms with Crippen molar-refractivity contribution in [2.24, 2.45) is 0 Å². The molecule has 1 fully saturated rings. The van der Waals surface area contributed by atoms with Crippen LogP contribution in [0.3, 0.4) is 0 Å². The van der Waals surface area contributed by atoms with E-state index in [4.69, 9.17) is 0 Å². The molecule has 1 saturated heterocycles. The van der Waals surface area contributed by atoms with E-state index in [0.29, 0.717) is 23.7 Å². The number of halogens is 1. The van der Waals surface area contributed by atoms with Crippen LogP contribution in [0.5, 0.6) is 0 Å². The third-order valence-corrected chi connectivity index (χ3v) is 8.03. The van der Waals surface area contributed by atoms with Gasteiger partial charge in [0.05, 0.1) is 10.6 Å². The monoisotopic (exact) mass is 454 g/mol. The number of aromatic nitrogens is 2. The lowest BCUT2D eigenvalue weighted by atomic mass is 10.1. The van der Waals surface area contributed by atoms with Crippen molar-refractivity contribution in [3.8, 4) is 5.69 Å². The second-order valence-corrected chi connectivity index (χ2v) is 10.0. The molecule has 1 amide bonds. The first-order valence-corrected chi connectivity index (χ1v) is 12.1. The summed E-state index contributed by atoms with van der Waals surface area (Å²) in [7, 11) is -3.59. The number of aryl methyl sites for hydroxylation is 2. The highest BCUT2D eigenvalue weighted by Crippen LogP contribution is 2.27. The Balaban J connectivity index is 1.25. The summed E-state index contributed by atoms with van der Waals surface area (Å²) < 4.78 is 42.3. The lowest BCUT2D eigenvalue weighted by Crippen LogP contribution is -2.50. The summed E-state index contributed by atoms with van der Waals surface area (Å²) in [6, 6.07) is 12.9. The maximum atomic E-state index is 13.1. The molecule has 2 aliphatic rings. The van der Waals surface area contributed by atoms with Crippen molar-refractivity contribution in [2.45, 2.75) is 24.2 Å². The molecule has 0 unspecified atom stereocenters. The number of benzene rings is 2. The van der Waals surface area contributed by atoms with Gasteiger partial charge in [-0.25, -0.2) is 17.5 Å². The highest BCUT2D eigenvalue weighted by molar-refractivity contribution is 7.89. The molecule has 1 aliphatic heterocycles. The average molecular weight is 455 g/mol. The van der Waals surface area contributed by atoms with E-state index < -0.39 is 10.0 Å². The summed E-state index contributed by atoms with van der Waals surface area (Å²) in [5.74, 6) is -0.592. The molecule has 32 heavy (non-hydrogen) atoms. The summed E-state index contributed by atoms with van der Waals surface area (Å²) in [5, 5.41) is 4.31. The average Bonchev–Trinajstić information content (AvgIpc) is 3.48. The van der Waals surface area contributed by atoms with E-state index >= 15 is 0 Å². The zero-order valence-corrected chi connectivity index (χ0v) is 18.3. The van der Waals surface area contributed by atoms with Gasteiger partial charge in [0.1, 0.15) is 5.82 Å². The summed E-state index contributed by atoms with van der Waals surface area (Å²) in [5.41, 5.74) is 3.27. The molecule has 5 rings (SSSR count). The van der Waals surface area contributed by atoms with E-state index in [1.807, 2.05) is 6.07 Å². The van der Waals surface area contributed by atoms with Crippen LogP contribution in [0.2, 0.25) is 0 Å². The van der Waals surface area contributed by atoms with Crippen LogP contribution in [-0.4, -0.2) is 59.5 Å². The third-order valence-electron chi connectivity index (χ3n) is 6.13. The van der Waals surface area contributed by atoms with E-state index in [2.05, 4.69) is 5.10 Å². The number of piperazine rings is 1. The summed E-state index contributed by atoms with van der Waals surface area (Å²) in [6.07, 6.45) is 4.64. The molecular formula is C23H23FN4O3S. The standard InChI is InChI=1S/C23H23FN4O3S/c24-19-5-7-20(8-6-19)28-11-10-22(25-28)23(29)26-12-14-27(15-13-26)32(30,31)21-9-4-17-2-1-3-18(17)16-21/h4-11,16H,1-3,12-15H2. The number of rotatable bonds is 4. The van der Waals surface area contributed by atoms with E-state index in [9.17, 15) is 17.6 Å². The van der Waals surface area contributed by atoms with Gasteiger partial charge in [-0.2, -0.15) is 9.40 Å². The maximum Gasteiger partial charge on any atom is 0.274 e. The van der Waals surface area contributed by atoms with Crippen LogP contribution >= 0.6 is 0 Å². The van der Waals surface area contributed by atoms with Crippen molar-refractivity contribution in [3.63, 3.8) is 0 Å². The van der Waals surface area contributed by atoms with Crippen LogP contribution in [0, 0.1) is 5.82 Å². The molecule has 7 nitrogen and oxygen atoms in total. The second-order valence-electron chi connectivity index (χ2n) is 8.10. The molecule has 1 aromatic heterocycles. The topological polar surface area (TPSA) is 75.5 Å². The van der Waals surface area contributed by atoms with Crippen molar-refractivity contribution >= 4 is 15.9 Å². The van der Waals surface area contributed by atoms with Crippen molar-refractivity contribution in [1.29, 1.82) is 0 Å². The Morgan fingerprint density at radius 3 is 2.38 bits per heavy atom. The highest BCUT2D eigenvalue weighted by atomic mass is 32.2. The largest absolute Gasteiger partial charge is 0.335 e. The number of nitrogens with zero attached hydrogens (tertiary/aromatic N) is 4. The number of hydrogen-bond donors (Lipinski definition) is 0. The Morgan fingerprint density at radius 2 is 1.62 bits per heavy atom. The van der Waals surface area contributed by atoms with Gasteiger partial charge in [0.2, 0.25) is 10.0 Å². The first kappa shape index (κ1) is 20.8. The Bertz CT molecular complexity index is 1260. The molecule has 0 N–H and O–H groups in total. The van der Waals surface area contributed by atoms with E-state index in [0.717, 1.165) is 24.8 Å². The molecular weight excluding hydrogens is 431 g/mol. The number of carbonyl (C=O) groups is 1. The van der Waals surface area contributed by atoms with Crippen LogP contribution in [-0.2, 0) is 22.9 Å².